The molecule has 1 aromatic heterocycles. The Bertz CT molecular complexity index is 1210. The molecule has 178 valence electrons. The van der Waals surface area contributed by atoms with Crippen LogP contribution in [0.4, 0.5) is 14.5 Å². The number of anilines is 1. The maximum Gasteiger partial charge on any atom is 0.285 e. The van der Waals surface area contributed by atoms with Gasteiger partial charge in [0.15, 0.2) is 0 Å². The molecule has 0 fully saturated rings. The highest BCUT2D eigenvalue weighted by Crippen LogP contribution is 2.35. The zero-order valence-corrected chi connectivity index (χ0v) is 21.5. The van der Waals surface area contributed by atoms with Crippen LogP contribution in [0.15, 0.2) is 47.4 Å². The summed E-state index contributed by atoms with van der Waals surface area (Å²) in [5.41, 5.74) is 2.49. The predicted octanol–water partition coefficient (Wildman–Crippen LogP) is 7.64. The molecule has 1 heterocycles. The maximum absolute atomic E-state index is 12.8. The number of hydrogen-bond acceptors (Lipinski definition) is 8. The monoisotopic (exact) mass is 537 g/mol. The number of benzene rings is 2. The first kappa shape index (κ1) is 26.3. The Kier molecular flexibility index (Phi) is 9.24. The predicted molar refractivity (Wildman–Crippen MR) is 142 cm³/mol. The van der Waals surface area contributed by atoms with E-state index >= 15 is 0 Å². The third kappa shape index (κ3) is 6.88. The molecule has 2 aromatic carbocycles. The lowest BCUT2D eigenvalue weighted by Crippen LogP contribution is -2.17. The van der Waals surface area contributed by atoms with E-state index in [1.807, 2.05) is 44.2 Å². The van der Waals surface area contributed by atoms with Gasteiger partial charge < -0.3 is 5.32 Å². The molecular formula is C23H22ClF2N5S3. The Balaban J connectivity index is 1.90. The van der Waals surface area contributed by atoms with Gasteiger partial charge in [-0.1, -0.05) is 41.9 Å². The number of thioether (sulfide) groups is 2. The van der Waals surface area contributed by atoms with E-state index in [0.29, 0.717) is 28.6 Å². The Morgan fingerprint density at radius 3 is 2.47 bits per heavy atom. The highest BCUT2D eigenvalue weighted by molar-refractivity contribution is 8.28. The van der Waals surface area contributed by atoms with Crippen LogP contribution >= 0.6 is 46.5 Å². The van der Waals surface area contributed by atoms with Crippen LogP contribution in [0.3, 0.4) is 0 Å². The summed E-state index contributed by atoms with van der Waals surface area (Å²) in [4.78, 5) is 6.21. The first-order valence-corrected chi connectivity index (χ1v) is 13.0. The summed E-state index contributed by atoms with van der Waals surface area (Å²) in [6, 6.07) is 13.4. The molecule has 0 aliphatic rings. The van der Waals surface area contributed by atoms with Crippen molar-refractivity contribution in [3.8, 4) is 0 Å². The second-order valence-electron chi connectivity index (χ2n) is 7.17. The Hall–Kier alpha value is -2.27. The number of rotatable bonds is 9. The second kappa shape index (κ2) is 11.9. The highest BCUT2D eigenvalue weighted by atomic mass is 35.5. The van der Waals surface area contributed by atoms with Crippen molar-refractivity contribution >= 4 is 67.9 Å². The summed E-state index contributed by atoms with van der Waals surface area (Å²) in [5.74, 6) is 0.679. The average molecular weight is 538 g/mol. The molecular weight excluding hydrogens is 516 g/mol. The van der Waals surface area contributed by atoms with Crippen LogP contribution in [0, 0.1) is 30.1 Å². The van der Waals surface area contributed by atoms with Gasteiger partial charge in [-0.15, -0.1) is 23.1 Å². The summed E-state index contributed by atoms with van der Waals surface area (Å²) >= 11 is 9.95. The molecule has 0 saturated heterocycles. The average Bonchev–Trinajstić information content (AvgIpc) is 3.13. The van der Waals surface area contributed by atoms with Crippen molar-refractivity contribution in [1.82, 2.24) is 4.98 Å². The van der Waals surface area contributed by atoms with Crippen LogP contribution < -0.4 is 5.32 Å². The van der Waals surface area contributed by atoms with E-state index in [-0.39, 0.29) is 17.5 Å². The topological polar surface area (TPSA) is 96.5 Å². The number of aryl methyl sites for hydroxylation is 2. The van der Waals surface area contributed by atoms with Crippen LogP contribution in [0.5, 0.6) is 0 Å². The largest absolute Gasteiger partial charge is 0.378 e. The molecule has 0 spiro atoms. The number of nitrogens with one attached hydrogen (secondary N) is 4. The van der Waals surface area contributed by atoms with Gasteiger partial charge in [0.05, 0.1) is 33.7 Å². The van der Waals surface area contributed by atoms with Gasteiger partial charge in [-0.05, 0) is 43.3 Å². The van der Waals surface area contributed by atoms with E-state index < -0.39 is 16.5 Å². The molecule has 0 saturated carbocycles. The van der Waals surface area contributed by atoms with E-state index in [4.69, 9.17) is 27.8 Å². The lowest BCUT2D eigenvalue weighted by Gasteiger charge is -2.17. The smallest absolute Gasteiger partial charge is 0.285 e. The van der Waals surface area contributed by atoms with Crippen LogP contribution in [-0.4, -0.2) is 27.2 Å². The van der Waals surface area contributed by atoms with Crippen molar-refractivity contribution in [3.05, 3.63) is 74.2 Å². The van der Waals surface area contributed by atoms with Crippen LogP contribution in [-0.2, 0) is 12.3 Å². The molecule has 5 nitrogen and oxygen atoms in total. The highest BCUT2D eigenvalue weighted by Gasteiger charge is 2.22. The van der Waals surface area contributed by atoms with Crippen molar-refractivity contribution in [3.63, 3.8) is 0 Å². The van der Waals surface area contributed by atoms with Gasteiger partial charge >= 0.3 is 0 Å². The van der Waals surface area contributed by atoms with Gasteiger partial charge in [0.1, 0.15) is 10.1 Å². The number of hydrogen-bond donors (Lipinski definition) is 4. The second-order valence-corrected chi connectivity index (χ2v) is 11.0. The molecule has 0 amide bonds. The third-order valence-corrected chi connectivity index (χ3v) is 7.87. The van der Waals surface area contributed by atoms with E-state index in [0.717, 1.165) is 26.0 Å². The van der Waals surface area contributed by atoms with Gasteiger partial charge in [-0.3, -0.25) is 16.2 Å². The fourth-order valence-electron chi connectivity index (χ4n) is 3.02. The van der Waals surface area contributed by atoms with Crippen molar-refractivity contribution in [2.45, 2.75) is 37.5 Å². The van der Waals surface area contributed by atoms with Crippen molar-refractivity contribution in [2.75, 3.05) is 5.32 Å². The van der Waals surface area contributed by atoms with Crippen molar-refractivity contribution in [2.24, 2.45) is 0 Å². The SMILES string of the molecule is Cc1nc(C)c(CNc2c(Cl)cc(SCc3ccccc3)cc2C(=N)C(=N)SC(=N)C(F)F)s1. The molecule has 0 unspecified atom stereocenters. The third-order valence-electron chi connectivity index (χ3n) is 4.64. The minimum atomic E-state index is -3.00. The normalized spacial score (nSPS) is 11.0. The van der Waals surface area contributed by atoms with E-state index in [9.17, 15) is 8.78 Å². The quantitative estimate of drug-likeness (QED) is 0.128. The Morgan fingerprint density at radius 1 is 1.15 bits per heavy atom. The zero-order valence-electron chi connectivity index (χ0n) is 18.3. The molecule has 34 heavy (non-hydrogen) atoms. The number of nitrogens with zero attached hydrogens (tertiary/aromatic N) is 1. The summed E-state index contributed by atoms with van der Waals surface area (Å²) < 4.78 is 25.6. The molecule has 4 N–H and O–H groups in total. The molecule has 0 atom stereocenters. The first-order valence-electron chi connectivity index (χ1n) is 10.0. The van der Waals surface area contributed by atoms with Crippen LogP contribution in [0.2, 0.25) is 5.02 Å². The number of thiazole rings is 1. The fraction of sp³-hybridized carbons (Fsp3) is 0.217. The molecule has 0 radical (unpaired) electrons. The standard InChI is InChI=1S/C23H22ClF2N5S3/c1-12-18(33-13(2)31-12)10-30-20-16(19(27)22(28)34-23(29)21(25)26)8-15(9-17(20)24)32-11-14-6-4-3-5-7-14/h3-9,21,27-30H,10-11H2,1-2H3. The van der Waals surface area contributed by atoms with Crippen LogP contribution in [0.25, 0.3) is 0 Å². The lowest BCUT2D eigenvalue weighted by molar-refractivity contribution is 0.228. The van der Waals surface area contributed by atoms with Gasteiger partial charge in [-0.2, -0.15) is 0 Å². The molecule has 0 bridgehead atoms. The van der Waals surface area contributed by atoms with Gasteiger partial charge in [0.25, 0.3) is 6.43 Å². The lowest BCUT2D eigenvalue weighted by atomic mass is 10.1. The summed E-state index contributed by atoms with van der Waals surface area (Å²) in [6.45, 7) is 4.25. The first-order chi connectivity index (χ1) is 16.2. The fourth-order valence-corrected chi connectivity index (χ4v) is 5.69. The summed E-state index contributed by atoms with van der Waals surface area (Å²) in [5, 5.41) is 27.2. The molecule has 3 rings (SSSR count). The zero-order chi connectivity index (χ0) is 24.8. The van der Waals surface area contributed by atoms with E-state index in [1.165, 1.54) is 11.8 Å². The van der Waals surface area contributed by atoms with Gasteiger partial charge in [-0.25, -0.2) is 13.8 Å². The summed E-state index contributed by atoms with van der Waals surface area (Å²) in [6.07, 6.45) is -3.00. The molecule has 0 aliphatic heterocycles. The van der Waals surface area contributed by atoms with Crippen molar-refractivity contribution < 1.29 is 8.78 Å². The van der Waals surface area contributed by atoms with Crippen LogP contribution in [0.1, 0.15) is 26.7 Å². The number of aromatic nitrogens is 1. The van der Waals surface area contributed by atoms with E-state index in [2.05, 4.69) is 10.3 Å². The number of halogens is 3. The van der Waals surface area contributed by atoms with E-state index in [1.54, 1.807) is 23.5 Å². The minimum absolute atomic E-state index is 0.268. The Labute approximate surface area is 214 Å². The molecule has 11 heteroatoms. The van der Waals surface area contributed by atoms with Gasteiger partial charge in [0, 0.05) is 21.1 Å². The summed E-state index contributed by atoms with van der Waals surface area (Å²) in [7, 11) is 0. The molecule has 0 aliphatic carbocycles. The maximum atomic E-state index is 12.8. The minimum Gasteiger partial charge on any atom is -0.378 e. The Morgan fingerprint density at radius 2 is 1.85 bits per heavy atom. The van der Waals surface area contributed by atoms with Crippen molar-refractivity contribution in [1.29, 1.82) is 16.2 Å². The molecule has 3 aromatic rings. The number of alkyl halides is 2. The van der Waals surface area contributed by atoms with Gasteiger partial charge in [0.2, 0.25) is 0 Å².